The van der Waals surface area contributed by atoms with E-state index in [1.165, 1.54) is 0 Å². The first-order valence-electron chi connectivity index (χ1n) is 3.87. The molecule has 0 heterocycles. The summed E-state index contributed by atoms with van der Waals surface area (Å²) in [7, 11) is 0. The lowest BCUT2D eigenvalue weighted by atomic mass is 10.1. The van der Waals surface area contributed by atoms with E-state index < -0.39 is 16.7 Å². The predicted molar refractivity (Wildman–Crippen MR) is 58.4 cm³/mol. The Balaban J connectivity index is 3.43. The molecule has 0 aliphatic rings. The number of rotatable bonds is 2. The van der Waals surface area contributed by atoms with E-state index in [1.54, 1.807) is 0 Å². The monoisotopic (exact) mass is 361 g/mol. The van der Waals surface area contributed by atoms with Crippen LogP contribution < -0.4 is 0 Å². The van der Waals surface area contributed by atoms with Crippen LogP contribution in [0.2, 0.25) is 0 Å². The summed E-state index contributed by atoms with van der Waals surface area (Å²) in [5.74, 6) is 0. The van der Waals surface area contributed by atoms with Gasteiger partial charge in [0, 0.05) is 21.4 Å². The summed E-state index contributed by atoms with van der Waals surface area (Å²) >= 11 is 5.59. The number of nitro groups is 1. The van der Waals surface area contributed by atoms with Crippen LogP contribution in [0.4, 0.5) is 18.9 Å². The molecule has 0 N–H and O–H groups in total. The second kappa shape index (κ2) is 4.70. The molecule has 88 valence electrons. The number of hydrogen-bond acceptors (Lipinski definition) is 2. The van der Waals surface area contributed by atoms with Gasteiger partial charge >= 0.3 is 6.18 Å². The Kier molecular flexibility index (Phi) is 3.95. The zero-order valence-corrected chi connectivity index (χ0v) is 10.7. The minimum atomic E-state index is -4.54. The molecule has 0 fully saturated rings. The van der Waals surface area contributed by atoms with Crippen LogP contribution in [0.5, 0.6) is 0 Å². The van der Waals surface area contributed by atoms with Gasteiger partial charge in [0.15, 0.2) is 0 Å². The van der Waals surface area contributed by atoms with Gasteiger partial charge in [0.25, 0.3) is 5.69 Å². The van der Waals surface area contributed by atoms with Crippen molar-refractivity contribution in [1.29, 1.82) is 0 Å². The van der Waals surface area contributed by atoms with Crippen molar-refractivity contribution in [2.24, 2.45) is 0 Å². The van der Waals surface area contributed by atoms with Crippen LogP contribution in [0, 0.1) is 10.1 Å². The number of nitrogens with zero attached hydrogens (tertiary/aromatic N) is 1. The summed E-state index contributed by atoms with van der Waals surface area (Å²) in [5, 5.41) is 10.6. The number of alkyl halides is 4. The summed E-state index contributed by atoms with van der Waals surface area (Å²) in [5.41, 5.74) is -1.29. The molecule has 3 nitrogen and oxygen atoms in total. The van der Waals surface area contributed by atoms with Gasteiger partial charge in [0.1, 0.15) is 0 Å². The molecule has 0 aliphatic carbocycles. The smallest absolute Gasteiger partial charge is 0.258 e. The van der Waals surface area contributed by atoms with Gasteiger partial charge in [0.05, 0.1) is 10.5 Å². The van der Waals surface area contributed by atoms with E-state index in [2.05, 4.69) is 31.9 Å². The average Bonchev–Trinajstić information content (AvgIpc) is 2.15. The maximum absolute atomic E-state index is 12.5. The average molecular weight is 363 g/mol. The third kappa shape index (κ3) is 2.73. The Morgan fingerprint density at radius 3 is 2.31 bits per heavy atom. The first-order chi connectivity index (χ1) is 7.27. The third-order valence-electron chi connectivity index (χ3n) is 1.81. The molecule has 0 amide bonds. The van der Waals surface area contributed by atoms with Crippen molar-refractivity contribution in [3.63, 3.8) is 0 Å². The predicted octanol–water partition coefficient (Wildman–Crippen LogP) is 4.27. The summed E-state index contributed by atoms with van der Waals surface area (Å²) in [6.07, 6.45) is -4.54. The first-order valence-corrected chi connectivity index (χ1v) is 5.78. The molecule has 0 saturated heterocycles. The lowest BCUT2D eigenvalue weighted by molar-refractivity contribution is -0.385. The molecule has 1 rings (SSSR count). The molecule has 0 spiro atoms. The van der Waals surface area contributed by atoms with Crippen molar-refractivity contribution >= 4 is 37.5 Å². The highest BCUT2D eigenvalue weighted by molar-refractivity contribution is 9.10. The number of benzene rings is 1. The maximum Gasteiger partial charge on any atom is 0.417 e. The first kappa shape index (κ1) is 13.4. The van der Waals surface area contributed by atoms with Crippen LogP contribution in [0.25, 0.3) is 0 Å². The largest absolute Gasteiger partial charge is 0.417 e. The number of halogens is 5. The molecular formula is C8H4Br2F3NO2. The lowest BCUT2D eigenvalue weighted by Crippen LogP contribution is -2.08. The van der Waals surface area contributed by atoms with Gasteiger partial charge in [-0.3, -0.25) is 10.1 Å². The second-order valence-corrected chi connectivity index (χ2v) is 4.26. The van der Waals surface area contributed by atoms with Crippen molar-refractivity contribution in [2.75, 3.05) is 0 Å². The Labute approximate surface area is 105 Å². The van der Waals surface area contributed by atoms with Crippen LogP contribution in [-0.4, -0.2) is 4.92 Å². The molecule has 0 atom stereocenters. The molecule has 0 radical (unpaired) electrons. The van der Waals surface area contributed by atoms with Gasteiger partial charge in [-0.05, 0) is 22.0 Å². The fraction of sp³-hybridized carbons (Fsp3) is 0.250. The minimum absolute atomic E-state index is 0.0134. The zero-order chi connectivity index (χ0) is 12.5. The number of nitro benzene ring substituents is 1. The lowest BCUT2D eigenvalue weighted by Gasteiger charge is -2.10. The fourth-order valence-electron chi connectivity index (χ4n) is 1.10. The van der Waals surface area contributed by atoms with Gasteiger partial charge in [0.2, 0.25) is 0 Å². The van der Waals surface area contributed by atoms with Gasteiger partial charge in [-0.2, -0.15) is 13.2 Å². The van der Waals surface area contributed by atoms with Crippen LogP contribution >= 0.6 is 31.9 Å². The van der Waals surface area contributed by atoms with Crippen molar-refractivity contribution in [3.8, 4) is 0 Å². The van der Waals surface area contributed by atoms with Crippen LogP contribution in [0.3, 0.4) is 0 Å². The molecule has 1 aromatic rings. The second-order valence-electron chi connectivity index (χ2n) is 2.85. The Morgan fingerprint density at radius 1 is 1.38 bits per heavy atom. The SMILES string of the molecule is O=[N+]([O-])c1cc(Br)c(C(F)(F)F)cc1CBr. The Hall–Kier alpha value is -0.630. The molecule has 1 aromatic carbocycles. The van der Waals surface area contributed by atoms with Gasteiger partial charge in [-0.1, -0.05) is 15.9 Å². The quantitative estimate of drug-likeness (QED) is 0.448. The maximum atomic E-state index is 12.5. The van der Waals surface area contributed by atoms with E-state index in [9.17, 15) is 23.3 Å². The molecule has 8 heteroatoms. The highest BCUT2D eigenvalue weighted by atomic mass is 79.9. The highest BCUT2D eigenvalue weighted by Gasteiger charge is 2.35. The fourth-order valence-corrected chi connectivity index (χ4v) is 2.11. The van der Waals surface area contributed by atoms with Crippen molar-refractivity contribution in [2.45, 2.75) is 11.5 Å². The summed E-state index contributed by atoms with van der Waals surface area (Å²) < 4.78 is 37.1. The minimum Gasteiger partial charge on any atom is -0.258 e. The van der Waals surface area contributed by atoms with Crippen molar-refractivity contribution in [1.82, 2.24) is 0 Å². The van der Waals surface area contributed by atoms with E-state index >= 15 is 0 Å². The standard InChI is InChI=1S/C8H4Br2F3NO2/c9-3-4-1-5(8(11,12)13)6(10)2-7(4)14(15)16/h1-2H,3H2. The molecular weight excluding hydrogens is 359 g/mol. The zero-order valence-electron chi connectivity index (χ0n) is 7.52. The van der Waals surface area contributed by atoms with Crippen LogP contribution in [-0.2, 0) is 11.5 Å². The van der Waals surface area contributed by atoms with Gasteiger partial charge in [-0.15, -0.1) is 0 Å². The molecule has 0 aliphatic heterocycles. The highest BCUT2D eigenvalue weighted by Crippen LogP contribution is 2.38. The topological polar surface area (TPSA) is 43.1 Å². The summed E-state index contributed by atoms with van der Waals surface area (Å²) in [6.45, 7) is 0. The van der Waals surface area contributed by atoms with Crippen molar-refractivity contribution < 1.29 is 18.1 Å². The van der Waals surface area contributed by atoms with Crippen LogP contribution in [0.1, 0.15) is 11.1 Å². The van der Waals surface area contributed by atoms with E-state index in [0.29, 0.717) is 0 Å². The molecule has 0 bridgehead atoms. The van der Waals surface area contributed by atoms with Crippen molar-refractivity contribution in [3.05, 3.63) is 37.8 Å². The Bertz CT molecular complexity index is 434. The van der Waals surface area contributed by atoms with E-state index in [1.807, 2.05) is 0 Å². The van der Waals surface area contributed by atoms with Gasteiger partial charge < -0.3 is 0 Å². The van der Waals surface area contributed by atoms with Gasteiger partial charge in [-0.25, -0.2) is 0 Å². The number of hydrogen-bond donors (Lipinski definition) is 0. The van der Waals surface area contributed by atoms with E-state index in [0.717, 1.165) is 12.1 Å². The summed E-state index contributed by atoms with van der Waals surface area (Å²) in [4.78, 5) is 9.86. The van der Waals surface area contributed by atoms with E-state index in [4.69, 9.17) is 0 Å². The molecule has 0 aromatic heterocycles. The third-order valence-corrected chi connectivity index (χ3v) is 3.07. The Morgan fingerprint density at radius 2 is 1.94 bits per heavy atom. The molecule has 0 saturated carbocycles. The molecule has 0 unspecified atom stereocenters. The van der Waals surface area contributed by atoms with Crippen LogP contribution in [0.15, 0.2) is 16.6 Å². The summed E-state index contributed by atoms with van der Waals surface area (Å²) in [6, 6.07) is 1.62. The van der Waals surface area contributed by atoms with E-state index in [-0.39, 0.29) is 21.1 Å². The normalized spacial score (nSPS) is 11.6. The molecule has 16 heavy (non-hydrogen) atoms.